The molecule has 1 atom stereocenters. The lowest BCUT2D eigenvalue weighted by Gasteiger charge is -2.21. The smallest absolute Gasteiger partial charge is 0.296 e. The van der Waals surface area contributed by atoms with Crippen LogP contribution in [0.3, 0.4) is 0 Å². The Bertz CT molecular complexity index is 1100. The molecule has 0 spiro atoms. The second-order valence-corrected chi connectivity index (χ2v) is 9.27. The minimum absolute atomic E-state index is 0.0246. The first-order chi connectivity index (χ1) is 13.7. The van der Waals surface area contributed by atoms with Gasteiger partial charge in [0.2, 0.25) is 0 Å². The number of rotatable bonds is 8. The van der Waals surface area contributed by atoms with Crippen molar-refractivity contribution in [3.63, 3.8) is 0 Å². The number of benzene rings is 1. The lowest BCUT2D eigenvalue weighted by Crippen LogP contribution is -2.30. The van der Waals surface area contributed by atoms with E-state index in [4.69, 9.17) is 0 Å². The molecule has 2 aromatic heterocycles. The van der Waals surface area contributed by atoms with E-state index in [1.807, 2.05) is 13.8 Å². The highest BCUT2D eigenvalue weighted by Crippen LogP contribution is 2.26. The molecule has 0 aliphatic carbocycles. The van der Waals surface area contributed by atoms with Gasteiger partial charge in [0.1, 0.15) is 11.6 Å². The summed E-state index contributed by atoms with van der Waals surface area (Å²) in [4.78, 5) is 4.63. The van der Waals surface area contributed by atoms with E-state index in [1.165, 1.54) is 12.1 Å². The summed E-state index contributed by atoms with van der Waals surface area (Å²) in [5.41, 5.74) is 1.25. The second kappa shape index (κ2) is 8.66. The van der Waals surface area contributed by atoms with Gasteiger partial charge < -0.3 is 15.7 Å². The Morgan fingerprint density at radius 1 is 1.28 bits per heavy atom. The lowest BCUT2D eigenvalue weighted by atomic mass is 10.1. The largest absolute Gasteiger partial charge is 0.394 e. The van der Waals surface area contributed by atoms with Crippen LogP contribution in [0.2, 0.25) is 0 Å². The minimum Gasteiger partial charge on any atom is -0.394 e. The quantitative estimate of drug-likeness (QED) is 0.418. The third-order valence-corrected chi connectivity index (χ3v) is 6.25. The van der Waals surface area contributed by atoms with Crippen LogP contribution >= 0.6 is 15.9 Å². The van der Waals surface area contributed by atoms with Gasteiger partial charge in [-0.25, -0.2) is 4.98 Å². The summed E-state index contributed by atoms with van der Waals surface area (Å²) in [6.07, 6.45) is 1.64. The second-order valence-electron chi connectivity index (χ2n) is 6.70. The number of hydrogen-bond acceptors (Lipinski definition) is 8. The molecular weight excluding hydrogens is 462 g/mol. The zero-order valence-electron chi connectivity index (χ0n) is 16.1. The predicted octanol–water partition coefficient (Wildman–Crippen LogP) is 3.00. The van der Waals surface area contributed by atoms with Crippen LogP contribution in [0.1, 0.15) is 13.8 Å². The van der Waals surface area contributed by atoms with Crippen LogP contribution in [0.4, 0.5) is 17.3 Å². The first-order valence-electron chi connectivity index (χ1n) is 8.84. The summed E-state index contributed by atoms with van der Waals surface area (Å²) < 4.78 is 30.4. The van der Waals surface area contributed by atoms with E-state index in [9.17, 15) is 13.5 Å². The Kier molecular flexibility index (Phi) is 6.42. The van der Waals surface area contributed by atoms with Gasteiger partial charge in [-0.1, -0.05) is 13.8 Å². The van der Waals surface area contributed by atoms with Crippen molar-refractivity contribution < 1.29 is 17.7 Å². The van der Waals surface area contributed by atoms with Crippen LogP contribution in [0.25, 0.3) is 5.65 Å². The number of nitrogens with zero attached hydrogens (tertiary/aromatic N) is 3. The van der Waals surface area contributed by atoms with Crippen molar-refractivity contribution in [2.24, 2.45) is 5.92 Å². The van der Waals surface area contributed by atoms with Crippen LogP contribution < -0.4 is 10.6 Å². The number of aliphatic hydroxyl groups is 1. The fourth-order valence-electron chi connectivity index (χ4n) is 2.66. The number of nitrogens with one attached hydrogen (secondary N) is 2. The van der Waals surface area contributed by atoms with Gasteiger partial charge in [-0.2, -0.15) is 18.0 Å². The van der Waals surface area contributed by atoms with Gasteiger partial charge >= 0.3 is 0 Å². The van der Waals surface area contributed by atoms with Crippen LogP contribution in [0.5, 0.6) is 0 Å². The van der Waals surface area contributed by atoms with Crippen molar-refractivity contribution in [3.05, 3.63) is 41.0 Å². The fourth-order valence-corrected chi connectivity index (χ4v) is 3.67. The van der Waals surface area contributed by atoms with E-state index in [0.29, 0.717) is 23.0 Å². The number of aliphatic hydroxyl groups excluding tert-OH is 1. The normalized spacial score (nSPS) is 13.0. The van der Waals surface area contributed by atoms with Gasteiger partial charge in [0.15, 0.2) is 5.65 Å². The number of anilines is 3. The first kappa shape index (κ1) is 21.5. The van der Waals surface area contributed by atoms with Gasteiger partial charge in [-0.15, -0.1) is 0 Å². The van der Waals surface area contributed by atoms with E-state index in [0.717, 1.165) is 11.6 Å². The maximum Gasteiger partial charge on any atom is 0.296 e. The summed E-state index contributed by atoms with van der Waals surface area (Å²) in [5, 5.41) is 20.4. The molecule has 0 saturated heterocycles. The van der Waals surface area contributed by atoms with Crippen molar-refractivity contribution in [1.82, 2.24) is 14.6 Å². The highest BCUT2D eigenvalue weighted by Gasteiger charge is 2.16. The van der Waals surface area contributed by atoms with E-state index < -0.39 is 10.1 Å². The Hall–Kier alpha value is -2.21. The topological polar surface area (TPSA) is 118 Å². The third kappa shape index (κ3) is 4.69. The van der Waals surface area contributed by atoms with E-state index in [2.05, 4.69) is 40.8 Å². The molecule has 2 heterocycles. The average Bonchev–Trinajstić information content (AvgIpc) is 3.07. The van der Waals surface area contributed by atoms with Gasteiger partial charge in [-0.05, 0) is 46.1 Å². The summed E-state index contributed by atoms with van der Waals surface area (Å²) in [6.45, 7) is 4.00. The highest BCUT2D eigenvalue weighted by atomic mass is 79.9. The summed E-state index contributed by atoms with van der Waals surface area (Å²) in [6, 6.07) is 7.80. The van der Waals surface area contributed by atoms with Gasteiger partial charge in [0, 0.05) is 11.8 Å². The molecule has 11 heteroatoms. The van der Waals surface area contributed by atoms with Crippen molar-refractivity contribution >= 4 is 49.0 Å². The van der Waals surface area contributed by atoms with Crippen LogP contribution in [-0.4, -0.2) is 47.9 Å². The molecule has 0 unspecified atom stereocenters. The average molecular weight is 484 g/mol. The highest BCUT2D eigenvalue weighted by molar-refractivity contribution is 9.10. The molecule has 0 amide bonds. The summed E-state index contributed by atoms with van der Waals surface area (Å²) >= 11 is 3.44. The molecule has 9 nitrogen and oxygen atoms in total. The predicted molar refractivity (Wildman–Crippen MR) is 114 cm³/mol. The maximum absolute atomic E-state index is 11.8. The molecular formula is C18H22BrN5O4S. The maximum atomic E-state index is 11.8. The molecule has 3 aromatic rings. The zero-order chi connectivity index (χ0) is 21.2. The molecule has 3 N–H and O–H groups in total. The minimum atomic E-state index is -3.75. The van der Waals surface area contributed by atoms with Crippen LogP contribution in [0, 0.1) is 5.92 Å². The molecule has 0 aliphatic heterocycles. The van der Waals surface area contributed by atoms with E-state index in [-0.39, 0.29) is 23.5 Å². The summed E-state index contributed by atoms with van der Waals surface area (Å²) in [7, 11) is -2.62. The number of aromatic nitrogens is 3. The summed E-state index contributed by atoms with van der Waals surface area (Å²) in [5.74, 6) is 1.40. The lowest BCUT2D eigenvalue weighted by molar-refractivity contribution is 0.249. The zero-order valence-corrected chi connectivity index (χ0v) is 18.5. The SMILES string of the molecule is COS(=O)(=O)c1ccc(Nc2cc(N[C@@H](CO)C(C)C)nc3c(Br)cnn23)cc1. The van der Waals surface area contributed by atoms with Gasteiger partial charge in [-0.3, -0.25) is 4.18 Å². The van der Waals surface area contributed by atoms with E-state index in [1.54, 1.807) is 28.9 Å². The molecule has 0 bridgehead atoms. The van der Waals surface area contributed by atoms with Crippen molar-refractivity contribution in [2.75, 3.05) is 24.4 Å². The van der Waals surface area contributed by atoms with E-state index >= 15 is 0 Å². The van der Waals surface area contributed by atoms with Crippen LogP contribution in [-0.2, 0) is 14.3 Å². The number of hydrogen-bond donors (Lipinski definition) is 3. The standard InChI is InChI=1S/C18H22BrN5O4S/c1-11(2)15(10-25)22-16-8-17(24-18(23-16)14(19)9-20-24)21-12-4-6-13(7-5-12)29(26,27)28-3/h4-9,11,15,21,25H,10H2,1-3H3,(H,22,23)/t15-/m0/s1. The Morgan fingerprint density at radius 3 is 2.55 bits per heavy atom. The Morgan fingerprint density at radius 2 is 1.97 bits per heavy atom. The first-order valence-corrected chi connectivity index (χ1v) is 11.0. The van der Waals surface area contributed by atoms with Crippen molar-refractivity contribution in [2.45, 2.75) is 24.8 Å². The van der Waals surface area contributed by atoms with Crippen LogP contribution in [0.15, 0.2) is 45.9 Å². The van der Waals surface area contributed by atoms with Gasteiger partial charge in [0.05, 0.1) is 35.3 Å². The fraction of sp³-hybridized carbons (Fsp3) is 0.333. The molecule has 156 valence electrons. The molecule has 1 aromatic carbocycles. The molecule has 3 rings (SSSR count). The molecule has 0 radical (unpaired) electrons. The number of fused-ring (bicyclic) bond motifs is 1. The van der Waals surface area contributed by atoms with Crippen molar-refractivity contribution in [1.29, 1.82) is 0 Å². The third-order valence-electron chi connectivity index (χ3n) is 4.40. The monoisotopic (exact) mass is 483 g/mol. The molecule has 0 saturated carbocycles. The Balaban J connectivity index is 1.96. The Labute approximate surface area is 177 Å². The molecule has 29 heavy (non-hydrogen) atoms. The number of halogens is 1. The molecule has 0 aliphatic rings. The van der Waals surface area contributed by atoms with Gasteiger partial charge in [0.25, 0.3) is 10.1 Å². The van der Waals surface area contributed by atoms with Crippen molar-refractivity contribution in [3.8, 4) is 0 Å². The molecule has 0 fully saturated rings.